The molecule has 0 aromatic heterocycles. The molecule has 1 fully saturated rings. The van der Waals surface area contributed by atoms with Crippen molar-refractivity contribution in [2.75, 3.05) is 31.2 Å². The molecule has 29 heavy (non-hydrogen) atoms. The first-order valence-corrected chi connectivity index (χ1v) is 10.6. The number of benzene rings is 2. The Kier molecular flexibility index (Phi) is 5.76. The first-order valence-electron chi connectivity index (χ1n) is 9.82. The van der Waals surface area contributed by atoms with Crippen LogP contribution in [0.1, 0.15) is 18.9 Å². The molecule has 152 valence electrons. The summed E-state index contributed by atoms with van der Waals surface area (Å²) in [6.07, 6.45) is 0.516. The lowest BCUT2D eigenvalue weighted by atomic mass is 10.1. The van der Waals surface area contributed by atoms with E-state index in [1.807, 2.05) is 49.4 Å². The van der Waals surface area contributed by atoms with Gasteiger partial charge in [0.05, 0.1) is 5.69 Å². The van der Waals surface area contributed by atoms with Crippen LogP contribution in [0.25, 0.3) is 0 Å². The lowest BCUT2D eigenvalue weighted by Crippen LogP contribution is -2.40. The fourth-order valence-electron chi connectivity index (χ4n) is 3.85. The molecule has 2 aliphatic heterocycles. The summed E-state index contributed by atoms with van der Waals surface area (Å²) in [5, 5.41) is 0. The molecule has 7 heteroatoms. The molecular weight excluding hydrogens is 436 g/mol. The van der Waals surface area contributed by atoms with Crippen LogP contribution in [0.4, 0.5) is 5.69 Å². The quantitative estimate of drug-likeness (QED) is 0.641. The molecule has 0 aliphatic carbocycles. The third-order valence-corrected chi connectivity index (χ3v) is 6.02. The number of rotatable bonds is 5. The van der Waals surface area contributed by atoms with Crippen LogP contribution in [-0.4, -0.2) is 43.0 Å². The van der Waals surface area contributed by atoms with E-state index in [0.29, 0.717) is 50.8 Å². The largest absolute Gasteiger partial charge is 0.486 e. The van der Waals surface area contributed by atoms with E-state index in [4.69, 9.17) is 9.47 Å². The molecule has 0 bridgehead atoms. The van der Waals surface area contributed by atoms with E-state index in [1.165, 1.54) is 0 Å². The summed E-state index contributed by atoms with van der Waals surface area (Å²) in [4.78, 5) is 29.7. The monoisotopic (exact) mass is 458 g/mol. The van der Waals surface area contributed by atoms with Crippen molar-refractivity contribution in [3.63, 3.8) is 0 Å². The summed E-state index contributed by atoms with van der Waals surface area (Å²) in [5.41, 5.74) is 1.70. The molecule has 1 unspecified atom stereocenters. The van der Waals surface area contributed by atoms with Gasteiger partial charge < -0.3 is 19.3 Å². The van der Waals surface area contributed by atoms with E-state index in [0.717, 1.165) is 15.7 Å². The Morgan fingerprint density at radius 2 is 1.97 bits per heavy atom. The number of anilines is 1. The highest BCUT2D eigenvalue weighted by Crippen LogP contribution is 2.35. The number of hydrogen-bond acceptors (Lipinski definition) is 4. The zero-order valence-electron chi connectivity index (χ0n) is 16.3. The maximum absolute atomic E-state index is 13.2. The minimum absolute atomic E-state index is 0.138. The third kappa shape index (κ3) is 3.83. The maximum Gasteiger partial charge on any atom is 0.239 e. The fraction of sp³-hybridized carbons (Fsp3) is 0.364. The molecular formula is C22H23BrN2O4. The number of fused-ring (bicyclic) bond motifs is 1. The Morgan fingerprint density at radius 3 is 2.76 bits per heavy atom. The van der Waals surface area contributed by atoms with E-state index in [9.17, 15) is 9.59 Å². The van der Waals surface area contributed by atoms with Crippen LogP contribution >= 0.6 is 15.9 Å². The minimum Gasteiger partial charge on any atom is -0.486 e. The summed E-state index contributed by atoms with van der Waals surface area (Å²) in [6.45, 7) is 4.38. The molecule has 2 aliphatic rings. The Morgan fingerprint density at radius 1 is 1.17 bits per heavy atom. The summed E-state index contributed by atoms with van der Waals surface area (Å²) in [7, 11) is 0. The number of carbonyl (C=O) groups excluding carboxylic acids is 2. The molecule has 4 rings (SSSR count). The molecule has 1 atom stereocenters. The molecule has 0 radical (unpaired) electrons. The predicted octanol–water partition coefficient (Wildman–Crippen LogP) is 3.62. The molecule has 0 N–H and O–H groups in total. The van der Waals surface area contributed by atoms with Gasteiger partial charge in [0.15, 0.2) is 11.5 Å². The van der Waals surface area contributed by atoms with E-state index in [2.05, 4.69) is 15.9 Å². The standard InChI is InChI=1S/C22H23BrN2O4/c1-2-24(14-15-6-5-9-19-20(15)29-13-12-28-19)21(26)16-10-11-25(22(16)27)18-8-4-3-7-17(18)23/h3-9,16H,2,10-14H2,1H3. The van der Waals surface area contributed by atoms with Gasteiger partial charge in [-0.2, -0.15) is 0 Å². The van der Waals surface area contributed by atoms with Gasteiger partial charge in [0.1, 0.15) is 19.1 Å². The van der Waals surface area contributed by atoms with E-state index in [1.54, 1.807) is 9.80 Å². The normalized spacial score (nSPS) is 18.1. The van der Waals surface area contributed by atoms with Crippen molar-refractivity contribution in [3.05, 3.63) is 52.5 Å². The van der Waals surface area contributed by atoms with Crippen molar-refractivity contribution >= 4 is 33.4 Å². The van der Waals surface area contributed by atoms with Gasteiger partial charge in [0.25, 0.3) is 0 Å². The highest BCUT2D eigenvalue weighted by molar-refractivity contribution is 9.10. The van der Waals surface area contributed by atoms with E-state index in [-0.39, 0.29) is 11.8 Å². The van der Waals surface area contributed by atoms with Gasteiger partial charge >= 0.3 is 0 Å². The van der Waals surface area contributed by atoms with Crippen molar-refractivity contribution in [2.24, 2.45) is 5.92 Å². The van der Waals surface area contributed by atoms with Crippen molar-refractivity contribution in [3.8, 4) is 11.5 Å². The van der Waals surface area contributed by atoms with Crippen molar-refractivity contribution in [1.82, 2.24) is 4.90 Å². The number of ether oxygens (including phenoxy) is 2. The molecule has 2 aromatic rings. The first-order chi connectivity index (χ1) is 14.1. The van der Waals surface area contributed by atoms with Gasteiger partial charge in [0.2, 0.25) is 11.8 Å². The molecule has 6 nitrogen and oxygen atoms in total. The van der Waals surface area contributed by atoms with Crippen molar-refractivity contribution in [2.45, 2.75) is 19.9 Å². The summed E-state index contributed by atoms with van der Waals surface area (Å²) >= 11 is 3.50. The van der Waals surface area contributed by atoms with E-state index < -0.39 is 5.92 Å². The number of nitrogens with zero attached hydrogens (tertiary/aromatic N) is 2. The lowest BCUT2D eigenvalue weighted by molar-refractivity contribution is -0.140. The maximum atomic E-state index is 13.2. The highest BCUT2D eigenvalue weighted by atomic mass is 79.9. The predicted molar refractivity (Wildman–Crippen MR) is 113 cm³/mol. The van der Waals surface area contributed by atoms with Gasteiger partial charge in [0, 0.05) is 29.7 Å². The molecule has 1 saturated heterocycles. The second kappa shape index (κ2) is 8.45. The van der Waals surface area contributed by atoms with Gasteiger partial charge in [-0.15, -0.1) is 0 Å². The zero-order chi connectivity index (χ0) is 20.4. The topological polar surface area (TPSA) is 59.1 Å². The van der Waals surface area contributed by atoms with Crippen LogP contribution in [0, 0.1) is 5.92 Å². The number of para-hydroxylation sites is 2. The Hall–Kier alpha value is -2.54. The van der Waals surface area contributed by atoms with Crippen LogP contribution in [-0.2, 0) is 16.1 Å². The Balaban J connectivity index is 1.51. The minimum atomic E-state index is -0.654. The van der Waals surface area contributed by atoms with Crippen LogP contribution in [0.3, 0.4) is 0 Å². The number of carbonyl (C=O) groups is 2. The van der Waals surface area contributed by atoms with Crippen LogP contribution in [0.2, 0.25) is 0 Å². The zero-order valence-corrected chi connectivity index (χ0v) is 17.9. The van der Waals surface area contributed by atoms with Crippen molar-refractivity contribution in [1.29, 1.82) is 0 Å². The second-order valence-corrected chi connectivity index (χ2v) is 7.93. The van der Waals surface area contributed by atoms with Gasteiger partial charge in [-0.05, 0) is 47.5 Å². The summed E-state index contributed by atoms with van der Waals surface area (Å²) in [5.74, 6) is 0.460. The Bertz CT molecular complexity index is 933. The van der Waals surface area contributed by atoms with Gasteiger partial charge in [-0.25, -0.2) is 0 Å². The second-order valence-electron chi connectivity index (χ2n) is 7.08. The molecule has 0 saturated carbocycles. The average Bonchev–Trinajstić information content (AvgIpc) is 3.13. The smallest absolute Gasteiger partial charge is 0.239 e. The fourth-order valence-corrected chi connectivity index (χ4v) is 4.35. The summed E-state index contributed by atoms with van der Waals surface area (Å²) < 4.78 is 12.3. The molecule has 2 amide bonds. The van der Waals surface area contributed by atoms with Crippen LogP contribution < -0.4 is 14.4 Å². The lowest BCUT2D eigenvalue weighted by Gasteiger charge is -2.27. The van der Waals surface area contributed by atoms with Gasteiger partial charge in [-0.3, -0.25) is 9.59 Å². The van der Waals surface area contributed by atoms with Crippen LogP contribution in [0.5, 0.6) is 11.5 Å². The number of halogens is 1. The summed E-state index contributed by atoms with van der Waals surface area (Å²) in [6, 6.07) is 13.3. The molecule has 2 aromatic carbocycles. The van der Waals surface area contributed by atoms with Gasteiger partial charge in [-0.1, -0.05) is 24.3 Å². The Labute approximate surface area is 178 Å². The number of amides is 2. The SMILES string of the molecule is CCN(Cc1cccc2c1OCCO2)C(=O)C1CCN(c2ccccc2Br)C1=O. The number of hydrogen-bond donors (Lipinski definition) is 0. The first kappa shape index (κ1) is 19.8. The van der Waals surface area contributed by atoms with Crippen LogP contribution in [0.15, 0.2) is 46.9 Å². The third-order valence-electron chi connectivity index (χ3n) is 5.35. The molecule has 0 spiro atoms. The van der Waals surface area contributed by atoms with E-state index >= 15 is 0 Å². The highest BCUT2D eigenvalue weighted by Gasteiger charge is 2.40. The average molecular weight is 459 g/mol. The molecule has 2 heterocycles. The van der Waals surface area contributed by atoms with Crippen molar-refractivity contribution < 1.29 is 19.1 Å².